The van der Waals surface area contributed by atoms with Crippen LogP contribution in [0.2, 0.25) is 0 Å². The second-order valence-electron chi connectivity index (χ2n) is 21.1. The molecule has 1 saturated heterocycles. The first-order chi connectivity index (χ1) is 36.2. The Labute approximate surface area is 452 Å². The normalized spacial score (nSPS) is 19.3. The summed E-state index contributed by atoms with van der Waals surface area (Å²) in [6.07, 6.45) is 57.7. The van der Waals surface area contributed by atoms with Crippen molar-refractivity contribution in [1.82, 2.24) is 5.32 Å². The van der Waals surface area contributed by atoms with Crippen molar-refractivity contribution in [2.24, 2.45) is 0 Å². The number of carbonyl (C=O) groups is 2. The third kappa shape index (κ3) is 41.5. The van der Waals surface area contributed by atoms with Gasteiger partial charge in [-0.15, -0.1) is 0 Å². The monoisotopic (exact) mass is 1040 g/mol. The van der Waals surface area contributed by atoms with Gasteiger partial charge in [-0.05, 0) is 103 Å². The summed E-state index contributed by atoms with van der Waals surface area (Å²) in [5, 5.41) is 54.1. The van der Waals surface area contributed by atoms with Gasteiger partial charge in [-0.25, -0.2) is 0 Å². The molecule has 0 aromatic carbocycles. The first-order valence-corrected chi connectivity index (χ1v) is 30.6. The van der Waals surface area contributed by atoms with Crippen LogP contribution in [-0.2, 0) is 23.8 Å². The van der Waals surface area contributed by atoms with Crippen molar-refractivity contribution >= 4 is 11.9 Å². The van der Waals surface area contributed by atoms with Crippen LogP contribution >= 0.6 is 0 Å². The maximum absolute atomic E-state index is 13.0. The number of ether oxygens (including phenoxy) is 3. The van der Waals surface area contributed by atoms with E-state index in [1.165, 1.54) is 148 Å². The zero-order valence-corrected chi connectivity index (χ0v) is 47.3. The highest BCUT2D eigenvalue weighted by Crippen LogP contribution is 2.23. The molecule has 430 valence electrons. The Bertz CT molecular complexity index is 1410. The van der Waals surface area contributed by atoms with Crippen LogP contribution in [0.25, 0.3) is 0 Å². The number of aliphatic hydroxyl groups excluding tert-OH is 5. The Morgan fingerprint density at radius 2 is 0.919 bits per heavy atom. The smallest absolute Gasteiger partial charge is 0.305 e. The maximum Gasteiger partial charge on any atom is 0.305 e. The molecule has 0 spiro atoms. The number of carbonyl (C=O) groups excluding carboxylic acids is 2. The van der Waals surface area contributed by atoms with Crippen LogP contribution in [0, 0.1) is 0 Å². The Balaban J connectivity index is 2.03. The molecule has 7 atom stereocenters. The minimum atomic E-state index is -1.58. The number of hydrogen-bond donors (Lipinski definition) is 6. The van der Waals surface area contributed by atoms with Crippen LogP contribution in [-0.4, -0.2) is 100 Å². The highest BCUT2D eigenvalue weighted by molar-refractivity contribution is 5.76. The van der Waals surface area contributed by atoms with Gasteiger partial charge in [0.2, 0.25) is 5.91 Å². The predicted molar refractivity (Wildman–Crippen MR) is 306 cm³/mol. The average Bonchev–Trinajstić information content (AvgIpc) is 3.40. The fourth-order valence-corrected chi connectivity index (χ4v) is 9.20. The fraction of sp³-hybridized carbons (Fsp3) is 0.810. The van der Waals surface area contributed by atoms with Gasteiger partial charge >= 0.3 is 5.97 Å². The van der Waals surface area contributed by atoms with Gasteiger partial charge in [-0.3, -0.25) is 9.59 Å². The number of amides is 1. The molecular weight excluding hydrogens is 931 g/mol. The van der Waals surface area contributed by atoms with E-state index < -0.39 is 49.5 Å². The first kappa shape index (κ1) is 69.4. The number of allylic oxidation sites excluding steroid dienone is 9. The van der Waals surface area contributed by atoms with Gasteiger partial charge in [0.15, 0.2) is 6.29 Å². The number of hydrogen-bond acceptors (Lipinski definition) is 10. The van der Waals surface area contributed by atoms with Crippen LogP contribution < -0.4 is 5.32 Å². The minimum Gasteiger partial charge on any atom is -0.466 e. The summed E-state index contributed by atoms with van der Waals surface area (Å²) in [6, 6.07) is -0.835. The Morgan fingerprint density at radius 3 is 1.45 bits per heavy atom. The summed E-state index contributed by atoms with van der Waals surface area (Å²) in [5.41, 5.74) is 0. The van der Waals surface area contributed by atoms with Gasteiger partial charge in [-0.1, -0.05) is 209 Å². The van der Waals surface area contributed by atoms with Gasteiger partial charge in [0, 0.05) is 12.8 Å². The van der Waals surface area contributed by atoms with Gasteiger partial charge in [0.05, 0.1) is 32.0 Å². The molecule has 0 aromatic heterocycles. The maximum atomic E-state index is 13.0. The molecule has 7 unspecified atom stereocenters. The van der Waals surface area contributed by atoms with E-state index in [9.17, 15) is 35.1 Å². The molecule has 1 aliphatic rings. The van der Waals surface area contributed by atoms with E-state index in [0.717, 1.165) is 89.9 Å². The molecule has 11 heteroatoms. The van der Waals surface area contributed by atoms with Gasteiger partial charge < -0.3 is 45.1 Å². The van der Waals surface area contributed by atoms with Crippen molar-refractivity contribution in [1.29, 1.82) is 0 Å². The molecule has 1 fully saturated rings. The molecule has 11 nitrogen and oxygen atoms in total. The SMILES string of the molecule is CCCCC/C=C/CC/C=C/C(O)C(COC1OC(CO)C(O)C(O)C1O)NC(=O)CCCCCCCCCCCC/C=C\C=C/CCCCCOC(=O)CCCCCCCCC/C=C\CCCCCCCCC. The topological polar surface area (TPSA) is 175 Å². The largest absolute Gasteiger partial charge is 0.466 e. The summed E-state index contributed by atoms with van der Waals surface area (Å²) in [4.78, 5) is 25.1. The van der Waals surface area contributed by atoms with Crippen molar-refractivity contribution in [2.75, 3.05) is 19.8 Å². The van der Waals surface area contributed by atoms with E-state index in [0.29, 0.717) is 19.4 Å². The standard InChI is InChI=1S/C63H113NO10/c1-3-5-7-9-11-13-14-15-16-17-22-25-28-31-35-39-43-47-51-59(68)72-52-48-44-40-36-32-29-26-23-20-18-19-21-24-27-30-34-38-42-46-50-58(67)64-55(56(66)49-45-41-37-33-12-10-8-6-4-2)54-73-63-62(71)61(70)60(69)57(53-65)74-63/h12,16-17,23,26,29,32-33,45,49,55-57,60-63,65-66,69-71H,3-11,13-15,18-22,24-25,27-28,30-31,34-44,46-48,50-54H2,1-2H3,(H,64,67)/b17-16-,26-23-,32-29-,33-12+,49-45+. The summed E-state index contributed by atoms with van der Waals surface area (Å²) in [7, 11) is 0. The molecule has 1 heterocycles. The van der Waals surface area contributed by atoms with Gasteiger partial charge in [0.25, 0.3) is 0 Å². The van der Waals surface area contributed by atoms with Crippen LogP contribution in [0.5, 0.6) is 0 Å². The molecular formula is C63H113NO10. The lowest BCUT2D eigenvalue weighted by molar-refractivity contribution is -0.302. The molecule has 0 bridgehead atoms. The number of rotatable bonds is 52. The van der Waals surface area contributed by atoms with Crippen molar-refractivity contribution in [3.63, 3.8) is 0 Å². The number of unbranched alkanes of at least 4 members (excludes halogenated alkanes) is 31. The summed E-state index contributed by atoms with van der Waals surface area (Å²) < 4.78 is 16.6. The first-order valence-electron chi connectivity index (χ1n) is 30.6. The third-order valence-corrected chi connectivity index (χ3v) is 14.1. The summed E-state index contributed by atoms with van der Waals surface area (Å²) in [5.74, 6) is -0.238. The molecule has 0 aliphatic carbocycles. The van der Waals surface area contributed by atoms with Crippen molar-refractivity contribution in [2.45, 2.75) is 307 Å². The predicted octanol–water partition coefficient (Wildman–Crippen LogP) is 14.2. The Hall–Kier alpha value is -2.64. The average molecular weight is 1040 g/mol. The number of aliphatic hydroxyl groups is 5. The molecule has 74 heavy (non-hydrogen) atoms. The summed E-state index contributed by atoms with van der Waals surface area (Å²) in [6.45, 7) is 4.22. The quantitative estimate of drug-likeness (QED) is 0.0149. The second kappa shape index (κ2) is 52.4. The fourth-order valence-electron chi connectivity index (χ4n) is 9.20. The van der Waals surface area contributed by atoms with E-state index in [1.54, 1.807) is 6.08 Å². The molecule has 0 aromatic rings. The lowest BCUT2D eigenvalue weighted by atomic mass is 9.99. The highest BCUT2D eigenvalue weighted by Gasteiger charge is 2.44. The van der Waals surface area contributed by atoms with Crippen molar-refractivity contribution in [3.8, 4) is 0 Å². The second-order valence-corrected chi connectivity index (χ2v) is 21.1. The van der Waals surface area contributed by atoms with E-state index >= 15 is 0 Å². The molecule has 1 amide bonds. The lowest BCUT2D eigenvalue weighted by Gasteiger charge is -2.40. The number of nitrogens with one attached hydrogen (secondary N) is 1. The van der Waals surface area contributed by atoms with Crippen LogP contribution in [0.1, 0.15) is 264 Å². The lowest BCUT2D eigenvalue weighted by Crippen LogP contribution is -2.60. The minimum absolute atomic E-state index is 0.0325. The van der Waals surface area contributed by atoms with Gasteiger partial charge in [0.1, 0.15) is 24.4 Å². The summed E-state index contributed by atoms with van der Waals surface area (Å²) >= 11 is 0. The molecule has 0 radical (unpaired) electrons. The van der Waals surface area contributed by atoms with Crippen LogP contribution in [0.3, 0.4) is 0 Å². The molecule has 1 rings (SSSR count). The van der Waals surface area contributed by atoms with Crippen molar-refractivity contribution in [3.05, 3.63) is 60.8 Å². The van der Waals surface area contributed by atoms with E-state index in [1.807, 2.05) is 6.08 Å². The Morgan fingerprint density at radius 1 is 0.500 bits per heavy atom. The Kier molecular flexibility index (Phi) is 49.1. The van der Waals surface area contributed by atoms with E-state index in [4.69, 9.17) is 14.2 Å². The molecule has 0 saturated carbocycles. The zero-order chi connectivity index (χ0) is 53.8. The van der Waals surface area contributed by atoms with Crippen LogP contribution in [0.15, 0.2) is 60.8 Å². The number of esters is 1. The van der Waals surface area contributed by atoms with E-state index in [-0.39, 0.29) is 18.5 Å². The zero-order valence-electron chi connectivity index (χ0n) is 47.3. The molecule has 1 aliphatic heterocycles. The third-order valence-electron chi connectivity index (χ3n) is 14.1. The van der Waals surface area contributed by atoms with Crippen molar-refractivity contribution < 1.29 is 49.3 Å². The highest BCUT2D eigenvalue weighted by atomic mass is 16.7. The van der Waals surface area contributed by atoms with E-state index in [2.05, 4.69) is 67.8 Å². The van der Waals surface area contributed by atoms with Gasteiger partial charge in [-0.2, -0.15) is 0 Å². The van der Waals surface area contributed by atoms with Crippen LogP contribution in [0.4, 0.5) is 0 Å². The molecule has 6 N–H and O–H groups in total.